The van der Waals surface area contributed by atoms with E-state index in [1.165, 1.54) is 0 Å². The van der Waals surface area contributed by atoms with Crippen LogP contribution >= 0.6 is 34.8 Å². The molecule has 3 N–H and O–H groups in total. The molecule has 2 amide bonds. The van der Waals surface area contributed by atoms with E-state index in [0.29, 0.717) is 70.5 Å². The molecule has 8 rings (SSSR count). The number of carbonyl (C=O) groups excluding carboxylic acids is 2. The van der Waals surface area contributed by atoms with Gasteiger partial charge in [0.1, 0.15) is 11.5 Å². The van der Waals surface area contributed by atoms with Crippen molar-refractivity contribution in [1.82, 2.24) is 19.8 Å². The number of carbonyl (C=O) groups is 2. The summed E-state index contributed by atoms with van der Waals surface area (Å²) in [4.78, 5) is 43.6. The summed E-state index contributed by atoms with van der Waals surface area (Å²) in [6, 6.07) is 22.1. The number of fused-ring (bicyclic) bond motifs is 4. The van der Waals surface area contributed by atoms with E-state index < -0.39 is 0 Å². The molecule has 2 aromatic heterocycles. The number of pyridine rings is 2. The van der Waals surface area contributed by atoms with Crippen LogP contribution in [0.15, 0.2) is 72.8 Å². The largest absolute Gasteiger partial charge is 0.495 e. The van der Waals surface area contributed by atoms with Crippen LogP contribution in [-0.2, 0) is 59.6 Å². The molecule has 0 fully saturated rings. The van der Waals surface area contributed by atoms with Gasteiger partial charge in [-0.2, -0.15) is 0 Å². The number of anilines is 1. The summed E-state index contributed by atoms with van der Waals surface area (Å²) in [6.07, 6.45) is 1.42. The Morgan fingerprint density at radius 1 is 0.754 bits per heavy atom. The van der Waals surface area contributed by atoms with Crippen molar-refractivity contribution in [2.45, 2.75) is 72.1 Å². The second-order valence-corrected chi connectivity index (χ2v) is 17.3. The van der Waals surface area contributed by atoms with Crippen LogP contribution in [0.25, 0.3) is 31.5 Å². The van der Waals surface area contributed by atoms with Crippen LogP contribution in [0.2, 0.25) is 15.1 Å². The predicted octanol–water partition coefficient (Wildman–Crippen LogP) is 11.4. The van der Waals surface area contributed by atoms with Crippen LogP contribution in [0.5, 0.6) is 11.5 Å². The van der Waals surface area contributed by atoms with E-state index in [0.717, 1.165) is 67.6 Å². The number of hydrogen-bond donors (Lipinski definition) is 2. The fourth-order valence-corrected chi connectivity index (χ4v) is 8.41. The van der Waals surface area contributed by atoms with Gasteiger partial charge in [0.2, 0.25) is 11.8 Å². The van der Waals surface area contributed by atoms with Gasteiger partial charge in [0, 0.05) is 122 Å². The Balaban J connectivity index is 0.000000200. The van der Waals surface area contributed by atoms with E-state index in [4.69, 9.17) is 68.1 Å². The Labute approximate surface area is 406 Å². The maximum absolute atomic E-state index is 12.0. The second-order valence-electron chi connectivity index (χ2n) is 16.1. The van der Waals surface area contributed by atoms with Crippen LogP contribution in [-0.4, -0.2) is 58.9 Å². The summed E-state index contributed by atoms with van der Waals surface area (Å²) in [5, 5.41) is 7.04. The third-order valence-electron chi connectivity index (χ3n) is 11.3. The quantitative estimate of drug-likeness (QED) is 0.158. The molecule has 6 aromatic rings. The zero-order chi connectivity index (χ0) is 46.5. The number of methoxy groups -OCH3 is 2. The SMILES string of the molecule is COc1ccc(C(C)(C)N)cc1Cl.[C-]#[N+]c1ccc2nc3c(c(Cl)c2c1)CN(C(C)=O)CC3.[C-]#[N+]c1ccc2nc3c(c(NC(C)c4ccc(OC)c(Cl)c4)c2c1)CN(C(C)=O)CC3.[V]. The Morgan fingerprint density at radius 2 is 1.25 bits per heavy atom. The first-order chi connectivity index (χ1) is 30.4. The van der Waals surface area contributed by atoms with E-state index in [9.17, 15) is 9.59 Å². The minimum atomic E-state index is -0.365. The molecule has 0 aliphatic carbocycles. The van der Waals surface area contributed by atoms with Crippen molar-refractivity contribution >= 4 is 85.5 Å². The zero-order valence-corrected chi connectivity index (χ0v) is 40.9. The van der Waals surface area contributed by atoms with E-state index in [1.54, 1.807) is 51.2 Å². The van der Waals surface area contributed by atoms with Gasteiger partial charge in [0.15, 0.2) is 11.4 Å². The van der Waals surface area contributed by atoms with Gasteiger partial charge in [-0.3, -0.25) is 19.6 Å². The predicted molar refractivity (Wildman–Crippen MR) is 256 cm³/mol. The molecule has 1 radical (unpaired) electrons. The first kappa shape index (κ1) is 50.4. The number of halogens is 3. The Bertz CT molecular complexity index is 2860. The monoisotopic (exact) mass is 969 g/mol. The maximum atomic E-state index is 12.0. The third-order valence-corrected chi connectivity index (χ3v) is 12.3. The number of ether oxygens (including phenoxy) is 2. The number of nitrogens with one attached hydrogen (secondary N) is 1. The van der Waals surface area contributed by atoms with Crippen molar-refractivity contribution in [1.29, 1.82) is 0 Å². The average Bonchev–Trinajstić information content (AvgIpc) is 3.28. The first-order valence-electron chi connectivity index (χ1n) is 20.5. The smallest absolute Gasteiger partial charge is 0.219 e. The number of nitrogens with zero attached hydrogens (tertiary/aromatic N) is 6. The van der Waals surface area contributed by atoms with Crippen molar-refractivity contribution in [2.24, 2.45) is 5.73 Å². The Hall–Kier alpha value is -5.57. The number of amides is 2. The number of aromatic nitrogens is 2. The standard InChI is InChI=1S/C24H23ClN4O2.C15H12ClN3O.C10H14ClNO.V/c1-14(16-5-8-23(31-4)20(25)11-16)27-24-18-12-17(26-3)6-7-21(18)28-22-9-10-29(15(2)30)13-19(22)24;1-9(20)19-6-5-14-12(8-19)15(16)11-7-10(17-2)3-4-13(11)18-14;1-10(2,12)7-4-5-9(13-3)8(11)6-7;/h5-8,11-12,14H,9-10,13H2,1-2,4H3,(H,27,28);3-4,7H,5-6,8H2,1H3;4-6H,12H2,1-3H3;. The molecule has 2 aliphatic rings. The topological polar surface area (TPSA) is 132 Å². The number of rotatable bonds is 6. The van der Waals surface area contributed by atoms with Crippen molar-refractivity contribution in [3.05, 3.63) is 144 Å². The van der Waals surface area contributed by atoms with Gasteiger partial charge in [0.25, 0.3) is 0 Å². The zero-order valence-electron chi connectivity index (χ0n) is 37.2. The molecule has 0 spiro atoms. The fraction of sp³-hybridized carbons (Fsp3) is 0.306. The van der Waals surface area contributed by atoms with E-state index in [1.807, 2.05) is 73.3 Å². The van der Waals surface area contributed by atoms with Crippen molar-refractivity contribution in [3.8, 4) is 11.5 Å². The van der Waals surface area contributed by atoms with Gasteiger partial charge in [-0.15, -0.1) is 0 Å². The van der Waals surface area contributed by atoms with Gasteiger partial charge >= 0.3 is 0 Å². The summed E-state index contributed by atoms with van der Waals surface area (Å²) in [6.45, 7) is 25.9. The van der Waals surface area contributed by atoms with Gasteiger partial charge in [-0.05, 0) is 80.4 Å². The molecule has 12 nitrogen and oxygen atoms in total. The summed E-state index contributed by atoms with van der Waals surface area (Å²) >= 11 is 18.8. The number of benzene rings is 4. The van der Waals surface area contributed by atoms with E-state index >= 15 is 0 Å². The van der Waals surface area contributed by atoms with E-state index in [-0.39, 0.29) is 42.0 Å². The molecule has 4 aromatic carbocycles. The van der Waals surface area contributed by atoms with Crippen LogP contribution < -0.4 is 20.5 Å². The number of nitrogens with two attached hydrogens (primary N) is 1. The molecule has 0 bridgehead atoms. The van der Waals surface area contributed by atoms with Gasteiger partial charge in [0.05, 0.1) is 53.5 Å². The van der Waals surface area contributed by atoms with Crippen LogP contribution in [0.3, 0.4) is 0 Å². The molecule has 65 heavy (non-hydrogen) atoms. The second kappa shape index (κ2) is 21.6. The molecule has 1 atom stereocenters. The van der Waals surface area contributed by atoms with Crippen molar-refractivity contribution in [2.75, 3.05) is 32.6 Å². The first-order valence-corrected chi connectivity index (χ1v) is 21.6. The van der Waals surface area contributed by atoms with Crippen molar-refractivity contribution in [3.63, 3.8) is 0 Å². The molecular weight excluding hydrogens is 922 g/mol. The molecular formula is C49H49Cl3N8O4V. The molecule has 1 unspecified atom stereocenters. The fourth-order valence-electron chi connectivity index (χ4n) is 7.57. The normalized spacial score (nSPS) is 13.2. The molecule has 0 saturated heterocycles. The third kappa shape index (κ3) is 11.6. The average molecular weight is 971 g/mol. The molecule has 335 valence electrons. The molecule has 0 saturated carbocycles. The van der Waals surface area contributed by atoms with E-state index in [2.05, 4.69) is 26.9 Å². The van der Waals surface area contributed by atoms with Gasteiger partial charge in [-0.25, -0.2) is 9.69 Å². The molecule has 4 heterocycles. The summed E-state index contributed by atoms with van der Waals surface area (Å²) in [5.41, 5.74) is 15.1. The molecule has 16 heteroatoms. The molecule has 2 aliphatic heterocycles. The van der Waals surface area contributed by atoms with Crippen molar-refractivity contribution < 1.29 is 37.6 Å². The van der Waals surface area contributed by atoms with Crippen LogP contribution in [0.1, 0.15) is 74.3 Å². The minimum absolute atomic E-state index is 0. The van der Waals surface area contributed by atoms with Crippen LogP contribution in [0, 0.1) is 13.1 Å². The Kier molecular flexibility index (Phi) is 16.8. The summed E-state index contributed by atoms with van der Waals surface area (Å²) in [5.74, 6) is 1.39. The van der Waals surface area contributed by atoms with Gasteiger partial charge < -0.3 is 30.3 Å². The summed E-state index contributed by atoms with van der Waals surface area (Å²) < 4.78 is 10.3. The minimum Gasteiger partial charge on any atom is -0.495 e. The summed E-state index contributed by atoms with van der Waals surface area (Å²) in [7, 11) is 3.18. The maximum Gasteiger partial charge on any atom is 0.219 e. The van der Waals surface area contributed by atoms with Gasteiger partial charge in [-0.1, -0.05) is 59.1 Å². The number of hydrogen-bond acceptors (Lipinski definition) is 8. The van der Waals surface area contributed by atoms with Crippen LogP contribution in [0.4, 0.5) is 17.1 Å². The Morgan fingerprint density at radius 3 is 1.74 bits per heavy atom.